The summed E-state index contributed by atoms with van der Waals surface area (Å²) in [5.74, 6) is 1.70. The highest BCUT2D eigenvalue weighted by Crippen LogP contribution is 2.32. The van der Waals surface area contributed by atoms with Gasteiger partial charge in [-0.3, -0.25) is 0 Å². The molecule has 22 heavy (non-hydrogen) atoms. The Kier molecular flexibility index (Phi) is 5.18. The molecule has 0 spiro atoms. The molecule has 1 fully saturated rings. The summed E-state index contributed by atoms with van der Waals surface area (Å²) in [6, 6.07) is 7.34. The standard InChI is InChI=1S/C17H26N2O3/c1-12(9-15-11-20-6-5-18-15)19-13(2)14-3-4-16-17(10-14)22-8-7-21-16/h3-4,10,12-13,15,18-19H,5-9,11H2,1-2H3. The highest BCUT2D eigenvalue weighted by Gasteiger charge is 2.19. The largest absolute Gasteiger partial charge is 0.486 e. The summed E-state index contributed by atoms with van der Waals surface area (Å²) in [5, 5.41) is 7.16. The van der Waals surface area contributed by atoms with Crippen molar-refractivity contribution in [2.45, 2.75) is 38.4 Å². The van der Waals surface area contributed by atoms with Crippen LogP contribution in [0.5, 0.6) is 11.5 Å². The highest BCUT2D eigenvalue weighted by molar-refractivity contribution is 5.44. The molecule has 122 valence electrons. The molecule has 5 nitrogen and oxygen atoms in total. The fraction of sp³-hybridized carbons (Fsp3) is 0.647. The van der Waals surface area contributed by atoms with Crippen LogP contribution in [0.4, 0.5) is 0 Å². The molecule has 0 radical (unpaired) electrons. The number of morpholine rings is 1. The van der Waals surface area contributed by atoms with Gasteiger partial charge in [0, 0.05) is 24.7 Å². The van der Waals surface area contributed by atoms with Crippen LogP contribution in [-0.2, 0) is 4.74 Å². The SMILES string of the molecule is CC(CC1COCCN1)NC(C)c1ccc2c(c1)OCCO2. The van der Waals surface area contributed by atoms with E-state index in [0.29, 0.717) is 25.3 Å². The van der Waals surface area contributed by atoms with Crippen molar-refractivity contribution in [2.75, 3.05) is 33.0 Å². The van der Waals surface area contributed by atoms with E-state index >= 15 is 0 Å². The van der Waals surface area contributed by atoms with Gasteiger partial charge in [-0.1, -0.05) is 6.07 Å². The molecule has 3 atom stereocenters. The Morgan fingerprint density at radius 1 is 1.18 bits per heavy atom. The zero-order valence-corrected chi connectivity index (χ0v) is 13.4. The number of ether oxygens (including phenoxy) is 3. The Morgan fingerprint density at radius 3 is 2.77 bits per heavy atom. The van der Waals surface area contributed by atoms with Crippen LogP contribution in [0.15, 0.2) is 18.2 Å². The van der Waals surface area contributed by atoms with Crippen LogP contribution in [0.2, 0.25) is 0 Å². The van der Waals surface area contributed by atoms with E-state index in [0.717, 1.165) is 37.7 Å². The molecular formula is C17H26N2O3. The van der Waals surface area contributed by atoms with E-state index in [1.807, 2.05) is 6.07 Å². The monoisotopic (exact) mass is 306 g/mol. The van der Waals surface area contributed by atoms with Crippen LogP contribution in [0.25, 0.3) is 0 Å². The van der Waals surface area contributed by atoms with E-state index in [1.54, 1.807) is 0 Å². The summed E-state index contributed by atoms with van der Waals surface area (Å²) in [5.41, 5.74) is 1.23. The summed E-state index contributed by atoms with van der Waals surface area (Å²) in [6.45, 7) is 8.26. The molecule has 3 unspecified atom stereocenters. The molecule has 1 saturated heterocycles. The molecule has 2 aliphatic rings. The summed E-state index contributed by atoms with van der Waals surface area (Å²) in [6.07, 6.45) is 1.06. The third kappa shape index (κ3) is 3.91. The molecule has 2 heterocycles. The Bertz CT molecular complexity index is 489. The molecule has 2 aliphatic heterocycles. The average Bonchev–Trinajstić information content (AvgIpc) is 2.55. The zero-order valence-electron chi connectivity index (χ0n) is 13.4. The minimum Gasteiger partial charge on any atom is -0.486 e. The third-order valence-corrected chi connectivity index (χ3v) is 4.24. The number of fused-ring (bicyclic) bond motifs is 1. The van der Waals surface area contributed by atoms with Crippen molar-refractivity contribution in [3.05, 3.63) is 23.8 Å². The van der Waals surface area contributed by atoms with Gasteiger partial charge in [0.25, 0.3) is 0 Å². The van der Waals surface area contributed by atoms with Crippen molar-refractivity contribution < 1.29 is 14.2 Å². The lowest BCUT2D eigenvalue weighted by Crippen LogP contribution is -2.45. The van der Waals surface area contributed by atoms with E-state index < -0.39 is 0 Å². The van der Waals surface area contributed by atoms with Crippen LogP contribution in [0.3, 0.4) is 0 Å². The van der Waals surface area contributed by atoms with Gasteiger partial charge in [-0.05, 0) is 38.0 Å². The normalized spacial score (nSPS) is 23.8. The number of hydrogen-bond acceptors (Lipinski definition) is 5. The summed E-state index contributed by atoms with van der Waals surface area (Å²) >= 11 is 0. The van der Waals surface area contributed by atoms with Gasteiger partial charge in [-0.15, -0.1) is 0 Å². The van der Waals surface area contributed by atoms with Crippen LogP contribution in [0, 0.1) is 0 Å². The molecule has 0 amide bonds. The lowest BCUT2D eigenvalue weighted by atomic mass is 10.0. The summed E-state index contributed by atoms with van der Waals surface area (Å²) < 4.78 is 16.7. The first kappa shape index (κ1) is 15.6. The zero-order chi connectivity index (χ0) is 15.4. The minimum atomic E-state index is 0.273. The molecule has 0 aliphatic carbocycles. The molecule has 1 aromatic carbocycles. The predicted octanol–water partition coefficient (Wildman–Crippen LogP) is 1.88. The highest BCUT2D eigenvalue weighted by atomic mass is 16.6. The van der Waals surface area contributed by atoms with Crippen molar-refractivity contribution in [1.82, 2.24) is 10.6 Å². The van der Waals surface area contributed by atoms with Gasteiger partial charge in [0.15, 0.2) is 11.5 Å². The molecule has 0 aromatic heterocycles. The van der Waals surface area contributed by atoms with E-state index in [-0.39, 0.29) is 6.04 Å². The maximum Gasteiger partial charge on any atom is 0.161 e. The number of hydrogen-bond donors (Lipinski definition) is 2. The maximum absolute atomic E-state index is 5.66. The Balaban J connectivity index is 1.55. The summed E-state index contributed by atoms with van der Waals surface area (Å²) in [4.78, 5) is 0. The minimum absolute atomic E-state index is 0.273. The molecule has 1 aromatic rings. The van der Waals surface area contributed by atoms with Crippen LogP contribution in [0.1, 0.15) is 31.9 Å². The molecule has 3 rings (SSSR count). The topological polar surface area (TPSA) is 51.8 Å². The first-order valence-corrected chi connectivity index (χ1v) is 8.19. The molecule has 0 bridgehead atoms. The second kappa shape index (κ2) is 7.31. The van der Waals surface area contributed by atoms with Crippen molar-refractivity contribution in [3.63, 3.8) is 0 Å². The quantitative estimate of drug-likeness (QED) is 0.870. The van der Waals surface area contributed by atoms with Gasteiger partial charge >= 0.3 is 0 Å². The average molecular weight is 306 g/mol. The number of benzene rings is 1. The molecule has 0 saturated carbocycles. The maximum atomic E-state index is 5.66. The van der Waals surface area contributed by atoms with Crippen LogP contribution < -0.4 is 20.1 Å². The van der Waals surface area contributed by atoms with E-state index in [1.165, 1.54) is 5.56 Å². The van der Waals surface area contributed by atoms with Gasteiger partial charge in [0.05, 0.1) is 13.2 Å². The van der Waals surface area contributed by atoms with Crippen molar-refractivity contribution in [3.8, 4) is 11.5 Å². The first-order valence-electron chi connectivity index (χ1n) is 8.19. The fourth-order valence-corrected chi connectivity index (χ4v) is 3.12. The fourth-order valence-electron chi connectivity index (χ4n) is 3.12. The van der Waals surface area contributed by atoms with Crippen molar-refractivity contribution >= 4 is 0 Å². The van der Waals surface area contributed by atoms with Gasteiger partial charge in [-0.2, -0.15) is 0 Å². The Labute approximate surface area is 132 Å². The third-order valence-electron chi connectivity index (χ3n) is 4.24. The van der Waals surface area contributed by atoms with Crippen LogP contribution >= 0.6 is 0 Å². The molecular weight excluding hydrogens is 280 g/mol. The number of nitrogens with one attached hydrogen (secondary N) is 2. The summed E-state index contributed by atoms with van der Waals surface area (Å²) in [7, 11) is 0. The Hall–Kier alpha value is -1.30. The Morgan fingerprint density at radius 2 is 2.00 bits per heavy atom. The lowest BCUT2D eigenvalue weighted by molar-refractivity contribution is 0.0708. The second-order valence-electron chi connectivity index (χ2n) is 6.15. The van der Waals surface area contributed by atoms with Crippen molar-refractivity contribution in [2.24, 2.45) is 0 Å². The van der Waals surface area contributed by atoms with Gasteiger partial charge in [-0.25, -0.2) is 0 Å². The van der Waals surface area contributed by atoms with Crippen molar-refractivity contribution in [1.29, 1.82) is 0 Å². The second-order valence-corrected chi connectivity index (χ2v) is 6.15. The molecule has 5 heteroatoms. The smallest absolute Gasteiger partial charge is 0.161 e. The van der Waals surface area contributed by atoms with Crippen LogP contribution in [-0.4, -0.2) is 45.1 Å². The molecule has 2 N–H and O–H groups in total. The van der Waals surface area contributed by atoms with Gasteiger partial charge in [0.2, 0.25) is 0 Å². The van der Waals surface area contributed by atoms with E-state index in [2.05, 4.69) is 36.6 Å². The van der Waals surface area contributed by atoms with E-state index in [9.17, 15) is 0 Å². The number of rotatable bonds is 5. The first-order chi connectivity index (χ1) is 10.7. The predicted molar refractivity (Wildman–Crippen MR) is 85.7 cm³/mol. The van der Waals surface area contributed by atoms with Gasteiger partial charge in [0.1, 0.15) is 13.2 Å². The lowest BCUT2D eigenvalue weighted by Gasteiger charge is -2.28. The van der Waals surface area contributed by atoms with Gasteiger partial charge < -0.3 is 24.8 Å². The van der Waals surface area contributed by atoms with E-state index in [4.69, 9.17) is 14.2 Å².